The second-order valence-corrected chi connectivity index (χ2v) is 8.45. The number of amides is 1. The van der Waals surface area contributed by atoms with Crippen LogP contribution in [-0.4, -0.2) is 30.4 Å². The lowest BCUT2D eigenvalue weighted by Gasteiger charge is -2.33. The molecular weight excluding hydrogens is 248 g/mol. The number of carbonyl (C=O) groups excluding carboxylic acids is 1. The summed E-state index contributed by atoms with van der Waals surface area (Å²) in [5.41, 5.74) is 2.44. The van der Waals surface area contributed by atoms with Crippen LogP contribution < -0.4 is 5.32 Å². The molecule has 0 aromatic heterocycles. The maximum absolute atomic E-state index is 12.6. The Labute approximate surface area is 124 Å². The van der Waals surface area contributed by atoms with Crippen LogP contribution in [0, 0.1) is 16.7 Å². The van der Waals surface area contributed by atoms with Gasteiger partial charge in [-0.2, -0.15) is 0 Å². The van der Waals surface area contributed by atoms with Crippen molar-refractivity contribution in [2.75, 3.05) is 13.6 Å². The van der Waals surface area contributed by atoms with Crippen molar-refractivity contribution < 1.29 is 4.79 Å². The molecule has 0 radical (unpaired) electrons. The number of nitrogens with one attached hydrogen (secondary N) is 1. The van der Waals surface area contributed by atoms with Gasteiger partial charge in [-0.15, -0.1) is 0 Å². The summed E-state index contributed by atoms with van der Waals surface area (Å²) in [5.74, 6) is 0.437. The summed E-state index contributed by atoms with van der Waals surface area (Å²) >= 11 is 0. The van der Waals surface area contributed by atoms with E-state index in [1.165, 1.54) is 5.57 Å². The highest BCUT2D eigenvalue weighted by Crippen LogP contribution is 2.37. The first-order chi connectivity index (χ1) is 8.85. The van der Waals surface area contributed by atoms with Crippen LogP contribution in [0.4, 0.5) is 0 Å². The number of nitrogens with zero attached hydrogens (tertiary/aromatic N) is 1. The van der Waals surface area contributed by atoms with Crippen molar-refractivity contribution in [3.05, 3.63) is 11.3 Å². The molecule has 20 heavy (non-hydrogen) atoms. The van der Waals surface area contributed by atoms with E-state index in [1.807, 2.05) is 0 Å². The van der Waals surface area contributed by atoms with Crippen molar-refractivity contribution in [1.82, 2.24) is 10.2 Å². The number of rotatable bonds is 1. The van der Waals surface area contributed by atoms with Crippen LogP contribution in [0.2, 0.25) is 0 Å². The molecule has 0 fully saturated rings. The molecule has 116 valence electrons. The van der Waals surface area contributed by atoms with Crippen molar-refractivity contribution in [2.45, 2.75) is 61.4 Å². The molecule has 3 nitrogen and oxygen atoms in total. The molecule has 1 rings (SSSR count). The van der Waals surface area contributed by atoms with E-state index in [9.17, 15) is 4.79 Å². The first kappa shape index (κ1) is 17.2. The molecule has 1 aliphatic rings. The zero-order chi connectivity index (χ0) is 15.9. The predicted octanol–water partition coefficient (Wildman–Crippen LogP) is 3.42. The normalized spacial score (nSPS) is 23.1. The maximum atomic E-state index is 12.6. The van der Waals surface area contributed by atoms with Crippen molar-refractivity contribution in [1.29, 1.82) is 0 Å². The minimum atomic E-state index is -0.0628. The van der Waals surface area contributed by atoms with Crippen LogP contribution >= 0.6 is 0 Å². The first-order valence-electron chi connectivity index (χ1n) is 7.61. The molecule has 0 aromatic carbocycles. The monoisotopic (exact) mass is 280 g/mol. The van der Waals surface area contributed by atoms with Gasteiger partial charge < -0.3 is 5.32 Å². The van der Waals surface area contributed by atoms with Crippen LogP contribution in [0.25, 0.3) is 0 Å². The van der Waals surface area contributed by atoms with Gasteiger partial charge in [-0.1, -0.05) is 55.4 Å². The van der Waals surface area contributed by atoms with Gasteiger partial charge in [0.05, 0.1) is 6.04 Å². The molecule has 0 aromatic rings. The maximum Gasteiger partial charge on any atom is 0.241 e. The second kappa shape index (κ2) is 5.51. The van der Waals surface area contributed by atoms with Crippen LogP contribution in [0.5, 0.6) is 0 Å². The highest BCUT2D eigenvalue weighted by Gasteiger charge is 2.37. The Morgan fingerprint density at radius 1 is 1.10 bits per heavy atom. The van der Waals surface area contributed by atoms with Gasteiger partial charge in [-0.05, 0) is 24.0 Å². The van der Waals surface area contributed by atoms with E-state index in [4.69, 9.17) is 0 Å². The molecule has 1 heterocycles. The molecule has 1 aliphatic heterocycles. The van der Waals surface area contributed by atoms with Gasteiger partial charge in [0, 0.05) is 17.7 Å². The Morgan fingerprint density at radius 2 is 1.60 bits per heavy atom. The standard InChI is InChI=1S/C17H32N2O/c1-11(2)13-15(20)18-14(17(6,7)8)12(10-19(13)9)16(3,4)5/h11,13H,10H2,1-9H3,(H,18,20)/t13-/m0/s1. The average molecular weight is 280 g/mol. The highest BCUT2D eigenvalue weighted by atomic mass is 16.2. The number of carbonyl (C=O) groups is 1. The highest BCUT2D eigenvalue weighted by molar-refractivity contribution is 5.84. The summed E-state index contributed by atoms with van der Waals surface area (Å²) in [6.45, 7) is 18.3. The fourth-order valence-electron chi connectivity index (χ4n) is 2.96. The molecule has 3 heteroatoms. The van der Waals surface area contributed by atoms with E-state index in [2.05, 4.69) is 72.7 Å². The Balaban J connectivity index is 3.36. The number of allylic oxidation sites excluding steroid dienone is 1. The van der Waals surface area contributed by atoms with E-state index in [-0.39, 0.29) is 22.8 Å². The van der Waals surface area contributed by atoms with Gasteiger partial charge in [-0.3, -0.25) is 9.69 Å². The molecule has 0 saturated heterocycles. The molecule has 0 aliphatic carbocycles. The quantitative estimate of drug-likeness (QED) is 0.798. The van der Waals surface area contributed by atoms with Crippen molar-refractivity contribution >= 4 is 5.91 Å². The summed E-state index contributed by atoms with van der Waals surface area (Å²) in [5, 5.41) is 3.24. The van der Waals surface area contributed by atoms with E-state index in [0.29, 0.717) is 5.92 Å². The van der Waals surface area contributed by atoms with Crippen LogP contribution in [0.1, 0.15) is 55.4 Å². The Morgan fingerprint density at radius 3 is 1.95 bits per heavy atom. The lowest BCUT2D eigenvalue weighted by molar-refractivity contribution is -0.126. The fourth-order valence-corrected chi connectivity index (χ4v) is 2.96. The van der Waals surface area contributed by atoms with Crippen LogP contribution in [-0.2, 0) is 4.79 Å². The zero-order valence-electron chi connectivity index (χ0n) is 14.7. The number of likely N-dealkylation sites (N-methyl/N-ethyl adjacent to an activating group) is 1. The van der Waals surface area contributed by atoms with E-state index < -0.39 is 0 Å². The third kappa shape index (κ3) is 3.63. The van der Waals surface area contributed by atoms with Crippen molar-refractivity contribution in [3.63, 3.8) is 0 Å². The lowest BCUT2D eigenvalue weighted by Crippen LogP contribution is -2.46. The van der Waals surface area contributed by atoms with Gasteiger partial charge in [-0.25, -0.2) is 0 Å². The molecule has 0 spiro atoms. The molecule has 1 N–H and O–H groups in total. The van der Waals surface area contributed by atoms with Gasteiger partial charge >= 0.3 is 0 Å². The van der Waals surface area contributed by atoms with Gasteiger partial charge in [0.1, 0.15) is 0 Å². The summed E-state index contributed by atoms with van der Waals surface area (Å²) in [6, 6.07) is -0.0628. The third-order valence-electron chi connectivity index (χ3n) is 3.99. The Hall–Kier alpha value is -0.830. The van der Waals surface area contributed by atoms with Gasteiger partial charge in [0.25, 0.3) is 0 Å². The van der Waals surface area contributed by atoms with Crippen LogP contribution in [0.3, 0.4) is 0 Å². The largest absolute Gasteiger partial charge is 0.328 e. The van der Waals surface area contributed by atoms with Crippen molar-refractivity contribution in [2.24, 2.45) is 16.7 Å². The fraction of sp³-hybridized carbons (Fsp3) is 0.824. The Bertz CT molecular complexity index is 408. The minimum Gasteiger partial charge on any atom is -0.328 e. The number of hydrogen-bond donors (Lipinski definition) is 1. The van der Waals surface area contributed by atoms with E-state index >= 15 is 0 Å². The molecule has 0 bridgehead atoms. The van der Waals surface area contributed by atoms with Crippen LogP contribution in [0.15, 0.2) is 11.3 Å². The molecule has 1 amide bonds. The predicted molar refractivity (Wildman–Crippen MR) is 85.3 cm³/mol. The average Bonchev–Trinajstić information content (AvgIpc) is 2.32. The van der Waals surface area contributed by atoms with Gasteiger partial charge in [0.15, 0.2) is 0 Å². The molecule has 0 saturated carbocycles. The van der Waals surface area contributed by atoms with Crippen molar-refractivity contribution in [3.8, 4) is 0 Å². The summed E-state index contributed by atoms with van der Waals surface area (Å²) in [6.07, 6.45) is 0. The minimum absolute atomic E-state index is 0.0506. The van der Waals surface area contributed by atoms with E-state index in [1.54, 1.807) is 0 Å². The van der Waals surface area contributed by atoms with Gasteiger partial charge in [0.2, 0.25) is 5.91 Å². The third-order valence-corrected chi connectivity index (χ3v) is 3.99. The first-order valence-corrected chi connectivity index (χ1v) is 7.61. The SMILES string of the molecule is CC(C)[C@H]1C(=O)NC(C(C)(C)C)=C(C(C)(C)C)CN1C. The van der Waals surface area contributed by atoms with E-state index in [0.717, 1.165) is 12.2 Å². The molecule has 0 unspecified atom stereocenters. The Kier molecular flexibility index (Phi) is 4.75. The summed E-state index contributed by atoms with van der Waals surface area (Å²) in [7, 11) is 2.06. The smallest absolute Gasteiger partial charge is 0.241 e. The summed E-state index contributed by atoms with van der Waals surface area (Å²) in [4.78, 5) is 14.8. The lowest BCUT2D eigenvalue weighted by atomic mass is 9.78. The molecular formula is C17H32N2O. The topological polar surface area (TPSA) is 32.3 Å². The second-order valence-electron chi connectivity index (χ2n) is 8.45. The summed E-state index contributed by atoms with van der Waals surface area (Å²) < 4.78 is 0. The molecule has 1 atom stereocenters. The zero-order valence-corrected chi connectivity index (χ0v) is 14.7. The number of hydrogen-bond acceptors (Lipinski definition) is 2.